The molecular formula is C10H7F3N2O. The molecule has 0 aliphatic carbocycles. The van der Waals surface area contributed by atoms with Crippen molar-refractivity contribution in [1.82, 2.24) is 4.98 Å². The molecule has 1 aromatic heterocycles. The van der Waals surface area contributed by atoms with Crippen LogP contribution in [0.5, 0.6) is 0 Å². The molecule has 0 unspecified atom stereocenters. The number of nitrogens with one attached hydrogen (secondary N) is 1. The van der Waals surface area contributed by atoms with Crippen molar-refractivity contribution in [3.63, 3.8) is 0 Å². The number of aromatic amines is 1. The lowest BCUT2D eigenvalue weighted by molar-refractivity contribution is -0.137. The van der Waals surface area contributed by atoms with Gasteiger partial charge in [0.05, 0.1) is 11.1 Å². The van der Waals surface area contributed by atoms with Crippen molar-refractivity contribution in [3.8, 4) is 0 Å². The molecule has 0 radical (unpaired) electrons. The van der Waals surface area contributed by atoms with Crippen LogP contribution in [0.25, 0.3) is 10.9 Å². The van der Waals surface area contributed by atoms with E-state index in [4.69, 9.17) is 5.73 Å². The molecule has 16 heavy (non-hydrogen) atoms. The van der Waals surface area contributed by atoms with E-state index < -0.39 is 17.3 Å². The maximum Gasteiger partial charge on any atom is 0.416 e. The zero-order valence-electron chi connectivity index (χ0n) is 7.93. The predicted octanol–water partition coefficient (Wildman–Crippen LogP) is 2.13. The summed E-state index contributed by atoms with van der Waals surface area (Å²) in [5, 5.41) is 0.396. The lowest BCUT2D eigenvalue weighted by atomic mass is 10.1. The highest BCUT2D eigenvalue weighted by atomic mass is 19.4. The Morgan fingerprint density at radius 2 is 1.88 bits per heavy atom. The van der Waals surface area contributed by atoms with E-state index in [0.717, 1.165) is 18.2 Å². The van der Waals surface area contributed by atoms with E-state index in [-0.39, 0.29) is 11.2 Å². The first-order valence-electron chi connectivity index (χ1n) is 4.38. The lowest BCUT2D eigenvalue weighted by Gasteiger charge is -2.08. The number of hydrogen-bond acceptors (Lipinski definition) is 2. The van der Waals surface area contributed by atoms with Crippen molar-refractivity contribution in [2.24, 2.45) is 0 Å². The minimum Gasteiger partial charge on any atom is -0.398 e. The molecular weight excluding hydrogens is 221 g/mol. The third kappa shape index (κ3) is 1.73. The van der Waals surface area contributed by atoms with Crippen molar-refractivity contribution in [2.45, 2.75) is 6.18 Å². The van der Waals surface area contributed by atoms with Gasteiger partial charge in [-0.05, 0) is 12.1 Å². The number of pyridine rings is 1. The van der Waals surface area contributed by atoms with Gasteiger partial charge < -0.3 is 10.7 Å². The second-order valence-electron chi connectivity index (χ2n) is 3.35. The van der Waals surface area contributed by atoms with Crippen molar-refractivity contribution < 1.29 is 13.2 Å². The van der Waals surface area contributed by atoms with Crippen LogP contribution in [0.3, 0.4) is 0 Å². The van der Waals surface area contributed by atoms with Crippen LogP contribution in [0.15, 0.2) is 29.1 Å². The minimum absolute atomic E-state index is 0.0832. The van der Waals surface area contributed by atoms with Crippen LogP contribution in [0.2, 0.25) is 0 Å². The number of rotatable bonds is 0. The van der Waals surface area contributed by atoms with E-state index in [1.54, 1.807) is 0 Å². The molecule has 1 aromatic carbocycles. The average Bonchev–Trinajstić information content (AvgIpc) is 2.15. The Morgan fingerprint density at radius 3 is 2.50 bits per heavy atom. The highest BCUT2D eigenvalue weighted by Crippen LogP contribution is 2.31. The fourth-order valence-electron chi connectivity index (χ4n) is 1.46. The molecule has 3 nitrogen and oxygen atoms in total. The number of hydrogen-bond donors (Lipinski definition) is 2. The highest BCUT2D eigenvalue weighted by molar-refractivity contribution is 5.90. The topological polar surface area (TPSA) is 58.9 Å². The number of halogens is 3. The maximum absolute atomic E-state index is 12.4. The van der Waals surface area contributed by atoms with Crippen LogP contribution < -0.4 is 11.3 Å². The van der Waals surface area contributed by atoms with E-state index in [0.29, 0.717) is 5.39 Å². The van der Waals surface area contributed by atoms with Gasteiger partial charge >= 0.3 is 6.18 Å². The van der Waals surface area contributed by atoms with Gasteiger partial charge in [-0.15, -0.1) is 0 Å². The first-order chi connectivity index (χ1) is 7.38. The van der Waals surface area contributed by atoms with Gasteiger partial charge in [0.25, 0.3) is 0 Å². The summed E-state index contributed by atoms with van der Waals surface area (Å²) in [5.41, 5.74) is 4.42. The first-order valence-corrected chi connectivity index (χ1v) is 4.38. The summed E-state index contributed by atoms with van der Waals surface area (Å²) in [6, 6.07) is 4.17. The Balaban J connectivity index is 2.76. The van der Waals surface area contributed by atoms with Crippen LogP contribution in [0, 0.1) is 0 Å². The molecule has 0 saturated heterocycles. The molecule has 0 amide bonds. The zero-order valence-corrected chi connectivity index (χ0v) is 7.93. The molecule has 84 valence electrons. The largest absolute Gasteiger partial charge is 0.416 e. The molecule has 0 spiro atoms. The van der Waals surface area contributed by atoms with Crippen LogP contribution in [-0.4, -0.2) is 4.98 Å². The number of H-pyrrole nitrogens is 1. The van der Waals surface area contributed by atoms with Crippen molar-refractivity contribution in [3.05, 3.63) is 40.2 Å². The SMILES string of the molecule is Nc1cc(=O)[nH]c2cc(C(F)(F)F)ccc12. The molecule has 3 N–H and O–H groups in total. The summed E-state index contributed by atoms with van der Waals surface area (Å²) >= 11 is 0. The highest BCUT2D eigenvalue weighted by Gasteiger charge is 2.30. The second kappa shape index (κ2) is 3.26. The van der Waals surface area contributed by atoms with Crippen LogP contribution in [-0.2, 0) is 6.18 Å². The number of nitrogens with two attached hydrogens (primary N) is 1. The molecule has 0 fully saturated rings. The van der Waals surface area contributed by atoms with Crippen LogP contribution >= 0.6 is 0 Å². The number of anilines is 1. The molecule has 0 saturated carbocycles. The summed E-state index contributed by atoms with van der Waals surface area (Å²) in [6.07, 6.45) is -4.43. The van der Waals surface area contributed by atoms with E-state index in [1.807, 2.05) is 0 Å². The Hall–Kier alpha value is -1.98. The third-order valence-corrected chi connectivity index (χ3v) is 2.20. The standard InChI is InChI=1S/C10H7F3N2O/c11-10(12,13)5-1-2-6-7(14)4-9(16)15-8(6)3-5/h1-4H,(H3,14,15,16). The smallest absolute Gasteiger partial charge is 0.398 e. The van der Waals surface area contributed by atoms with Crippen molar-refractivity contribution in [2.75, 3.05) is 5.73 Å². The van der Waals surface area contributed by atoms with Gasteiger partial charge in [-0.1, -0.05) is 6.07 Å². The normalized spacial score (nSPS) is 11.9. The lowest BCUT2D eigenvalue weighted by Crippen LogP contribution is -2.09. The summed E-state index contributed by atoms with van der Waals surface area (Å²) in [4.78, 5) is 13.4. The van der Waals surface area contributed by atoms with Crippen LogP contribution in [0.4, 0.5) is 18.9 Å². The molecule has 0 atom stereocenters. The van der Waals surface area contributed by atoms with Gasteiger partial charge in [-0.2, -0.15) is 13.2 Å². The predicted molar refractivity (Wildman–Crippen MR) is 54.0 cm³/mol. The van der Waals surface area contributed by atoms with Crippen molar-refractivity contribution >= 4 is 16.6 Å². The Labute approximate surface area is 87.7 Å². The molecule has 6 heteroatoms. The molecule has 0 aliphatic heterocycles. The average molecular weight is 228 g/mol. The molecule has 0 aliphatic rings. The van der Waals surface area contributed by atoms with Crippen molar-refractivity contribution in [1.29, 1.82) is 0 Å². The first kappa shape index (κ1) is 10.5. The van der Waals surface area contributed by atoms with E-state index in [1.165, 1.54) is 6.07 Å². The third-order valence-electron chi connectivity index (χ3n) is 2.20. The summed E-state index contributed by atoms with van der Waals surface area (Å²) in [5.74, 6) is 0. The van der Waals surface area contributed by atoms with E-state index in [9.17, 15) is 18.0 Å². The molecule has 2 rings (SSSR count). The number of nitrogen functional groups attached to an aromatic ring is 1. The van der Waals surface area contributed by atoms with E-state index in [2.05, 4.69) is 4.98 Å². The number of fused-ring (bicyclic) bond motifs is 1. The minimum atomic E-state index is -4.43. The summed E-state index contributed by atoms with van der Waals surface area (Å²) < 4.78 is 37.2. The van der Waals surface area contributed by atoms with Gasteiger partial charge in [0.1, 0.15) is 0 Å². The fraction of sp³-hybridized carbons (Fsp3) is 0.100. The Morgan fingerprint density at radius 1 is 1.19 bits per heavy atom. The Kier molecular flexibility index (Phi) is 2.15. The molecule has 2 aromatic rings. The molecule has 1 heterocycles. The van der Waals surface area contributed by atoms with Gasteiger partial charge in [-0.3, -0.25) is 4.79 Å². The second-order valence-corrected chi connectivity index (χ2v) is 3.35. The fourth-order valence-corrected chi connectivity index (χ4v) is 1.46. The maximum atomic E-state index is 12.4. The summed E-state index contributed by atoms with van der Waals surface area (Å²) in [6.45, 7) is 0. The van der Waals surface area contributed by atoms with Gasteiger partial charge in [0.2, 0.25) is 5.56 Å². The number of aromatic nitrogens is 1. The van der Waals surface area contributed by atoms with E-state index >= 15 is 0 Å². The summed E-state index contributed by atoms with van der Waals surface area (Å²) in [7, 11) is 0. The number of alkyl halides is 3. The monoisotopic (exact) mass is 228 g/mol. The molecule has 0 bridgehead atoms. The van der Waals surface area contributed by atoms with Gasteiger partial charge in [-0.25, -0.2) is 0 Å². The Bertz CT molecular complexity index is 601. The van der Waals surface area contributed by atoms with Gasteiger partial charge in [0.15, 0.2) is 0 Å². The quantitative estimate of drug-likeness (QED) is 0.725. The van der Waals surface area contributed by atoms with Crippen LogP contribution in [0.1, 0.15) is 5.56 Å². The number of benzene rings is 1. The van der Waals surface area contributed by atoms with Gasteiger partial charge in [0, 0.05) is 17.1 Å². The zero-order chi connectivity index (χ0) is 11.9.